The van der Waals surface area contributed by atoms with Crippen LogP contribution in [0.5, 0.6) is 0 Å². The molecule has 2 aromatic rings. The predicted octanol–water partition coefficient (Wildman–Crippen LogP) is 2.94. The molecule has 2 fully saturated rings. The van der Waals surface area contributed by atoms with Gasteiger partial charge in [0.05, 0.1) is 17.4 Å². The molecule has 2 aliphatic rings. The molecule has 7 nitrogen and oxygen atoms in total. The molecular weight excluding hydrogens is 450 g/mol. The summed E-state index contributed by atoms with van der Waals surface area (Å²) in [6.45, 7) is 0.954. The van der Waals surface area contributed by atoms with E-state index in [9.17, 15) is 19.5 Å². The van der Waals surface area contributed by atoms with E-state index in [1.807, 2.05) is 47.8 Å². The van der Waals surface area contributed by atoms with Crippen LogP contribution in [0.1, 0.15) is 49.0 Å². The molecule has 8 heteroatoms. The molecule has 2 heterocycles. The Morgan fingerprint density at radius 1 is 1.06 bits per heavy atom. The molecule has 0 unspecified atom stereocenters. The topological polar surface area (TPSA) is 113 Å². The number of aliphatic carboxylic acids is 1. The lowest BCUT2D eigenvalue weighted by Crippen LogP contribution is -2.56. The number of likely N-dealkylation sites (tertiary alicyclic amines) is 1. The fraction of sp³-hybridized carbons (Fsp3) is 0.500. The smallest absolute Gasteiger partial charge is 0.306 e. The van der Waals surface area contributed by atoms with E-state index in [1.165, 1.54) is 0 Å². The first-order chi connectivity index (χ1) is 16.4. The zero-order valence-electron chi connectivity index (χ0n) is 19.3. The summed E-state index contributed by atoms with van der Waals surface area (Å²) >= 11 is 1.60. The second kappa shape index (κ2) is 10.7. The second-order valence-electron chi connectivity index (χ2n) is 9.52. The minimum atomic E-state index is -0.750. The predicted molar refractivity (Wildman–Crippen MR) is 131 cm³/mol. The average Bonchev–Trinajstić information content (AvgIpc) is 3.37. The van der Waals surface area contributed by atoms with E-state index in [2.05, 4.69) is 5.32 Å². The molecule has 1 atom stereocenters. The Kier molecular flexibility index (Phi) is 7.68. The lowest BCUT2D eigenvalue weighted by atomic mass is 9.71. The number of nitrogens with two attached hydrogens (primary N) is 1. The number of carbonyl (C=O) groups is 3. The van der Waals surface area contributed by atoms with Crippen molar-refractivity contribution < 1.29 is 19.5 Å². The van der Waals surface area contributed by atoms with Crippen LogP contribution in [0, 0.1) is 5.92 Å². The van der Waals surface area contributed by atoms with Gasteiger partial charge in [0.15, 0.2) is 0 Å². The lowest BCUT2D eigenvalue weighted by molar-refractivity contribution is -0.143. The maximum absolute atomic E-state index is 13.7. The van der Waals surface area contributed by atoms with Gasteiger partial charge in [-0.15, -0.1) is 11.3 Å². The Bertz CT molecular complexity index is 979. The van der Waals surface area contributed by atoms with Gasteiger partial charge in [0, 0.05) is 30.4 Å². The number of amides is 2. The number of thiophene rings is 1. The molecule has 4 N–H and O–H groups in total. The van der Waals surface area contributed by atoms with Crippen LogP contribution >= 0.6 is 11.3 Å². The van der Waals surface area contributed by atoms with E-state index in [0.29, 0.717) is 58.0 Å². The molecule has 1 aromatic carbocycles. The summed E-state index contributed by atoms with van der Waals surface area (Å²) < 4.78 is 0. The minimum absolute atomic E-state index is 0.0115. The first-order valence-electron chi connectivity index (χ1n) is 12.0. The number of carboxylic acid groups (broad SMARTS) is 1. The van der Waals surface area contributed by atoms with Gasteiger partial charge in [-0.05, 0) is 55.5 Å². The highest BCUT2D eigenvalue weighted by molar-refractivity contribution is 7.09. The normalized spacial score (nSPS) is 23.1. The summed E-state index contributed by atoms with van der Waals surface area (Å²) in [5.74, 6) is -1.15. The number of benzene rings is 1. The molecule has 4 rings (SSSR count). The van der Waals surface area contributed by atoms with Gasteiger partial charge in [-0.1, -0.05) is 36.4 Å². The fourth-order valence-electron chi connectivity index (χ4n) is 5.29. The molecule has 2 amide bonds. The van der Waals surface area contributed by atoms with Crippen molar-refractivity contribution in [3.05, 3.63) is 58.3 Å². The molecule has 1 saturated heterocycles. The van der Waals surface area contributed by atoms with Gasteiger partial charge in [0.1, 0.15) is 0 Å². The Balaban J connectivity index is 1.43. The number of carboxylic acids is 1. The Labute approximate surface area is 204 Å². The van der Waals surface area contributed by atoms with Crippen molar-refractivity contribution in [1.29, 1.82) is 0 Å². The SMILES string of the molecule is N[C@@H](Cc1cccs1)C(=O)N1CCC(C(=O)N[C@H]2CC[C@H](C(=O)O)CC2)(c2ccccc2)CC1. The number of carbonyl (C=O) groups excluding carboxylic acids is 2. The van der Waals surface area contributed by atoms with Gasteiger partial charge in [0.25, 0.3) is 0 Å². The van der Waals surface area contributed by atoms with Crippen molar-refractivity contribution in [2.24, 2.45) is 11.7 Å². The van der Waals surface area contributed by atoms with Crippen molar-refractivity contribution in [2.75, 3.05) is 13.1 Å². The van der Waals surface area contributed by atoms with Crippen LogP contribution in [-0.2, 0) is 26.2 Å². The van der Waals surface area contributed by atoms with E-state index >= 15 is 0 Å². The molecule has 1 aliphatic carbocycles. The van der Waals surface area contributed by atoms with Crippen molar-refractivity contribution >= 4 is 29.1 Å². The van der Waals surface area contributed by atoms with E-state index in [0.717, 1.165) is 10.4 Å². The minimum Gasteiger partial charge on any atom is -0.481 e. The number of hydrogen-bond donors (Lipinski definition) is 3. The first-order valence-corrected chi connectivity index (χ1v) is 12.9. The quantitative estimate of drug-likeness (QED) is 0.561. The van der Waals surface area contributed by atoms with Crippen LogP contribution < -0.4 is 11.1 Å². The summed E-state index contributed by atoms with van der Waals surface area (Å²) in [5, 5.41) is 14.5. The molecule has 1 saturated carbocycles. The molecule has 0 radical (unpaired) electrons. The molecule has 182 valence electrons. The average molecular weight is 484 g/mol. The van der Waals surface area contributed by atoms with Crippen LogP contribution in [-0.4, -0.2) is 53.0 Å². The number of hydrogen-bond acceptors (Lipinski definition) is 5. The fourth-order valence-corrected chi connectivity index (χ4v) is 6.05. The van der Waals surface area contributed by atoms with Crippen molar-refractivity contribution in [1.82, 2.24) is 10.2 Å². The van der Waals surface area contributed by atoms with Crippen molar-refractivity contribution in [2.45, 2.75) is 62.4 Å². The number of piperidine rings is 1. The Morgan fingerprint density at radius 2 is 1.74 bits per heavy atom. The molecule has 1 aliphatic heterocycles. The molecule has 1 aromatic heterocycles. The summed E-state index contributed by atoms with van der Waals surface area (Å²) in [4.78, 5) is 40.8. The zero-order valence-corrected chi connectivity index (χ0v) is 20.1. The van der Waals surface area contributed by atoms with Gasteiger partial charge < -0.3 is 21.1 Å². The molecule has 0 spiro atoms. The Hall–Kier alpha value is -2.71. The van der Waals surface area contributed by atoms with Gasteiger partial charge in [0.2, 0.25) is 11.8 Å². The maximum Gasteiger partial charge on any atom is 0.306 e. The first kappa shape index (κ1) is 24.4. The summed E-state index contributed by atoms with van der Waals surface area (Å²) in [5.41, 5.74) is 6.48. The maximum atomic E-state index is 13.7. The third-order valence-corrected chi connectivity index (χ3v) is 8.32. The largest absolute Gasteiger partial charge is 0.481 e. The van der Waals surface area contributed by atoms with Crippen LogP contribution in [0.3, 0.4) is 0 Å². The Morgan fingerprint density at radius 3 is 2.32 bits per heavy atom. The standard InChI is InChI=1S/C26H33N3O4S/c27-22(17-21-7-4-16-34-21)23(30)29-14-12-26(13-15-29,19-5-2-1-3-6-19)25(33)28-20-10-8-18(9-11-20)24(31)32/h1-7,16,18,20,22H,8-15,17,27H2,(H,28,33)(H,31,32)/t18-,20-,22-/m0/s1. The van der Waals surface area contributed by atoms with Crippen molar-refractivity contribution in [3.8, 4) is 0 Å². The van der Waals surface area contributed by atoms with E-state index in [1.54, 1.807) is 16.2 Å². The van der Waals surface area contributed by atoms with Gasteiger partial charge in [-0.3, -0.25) is 14.4 Å². The summed E-state index contributed by atoms with van der Waals surface area (Å²) in [7, 11) is 0. The number of rotatable bonds is 7. The van der Waals surface area contributed by atoms with Gasteiger partial charge >= 0.3 is 5.97 Å². The highest BCUT2D eigenvalue weighted by atomic mass is 32.1. The highest BCUT2D eigenvalue weighted by Gasteiger charge is 2.45. The highest BCUT2D eigenvalue weighted by Crippen LogP contribution is 2.37. The van der Waals surface area contributed by atoms with E-state index in [4.69, 9.17) is 5.73 Å². The van der Waals surface area contributed by atoms with Gasteiger partial charge in [-0.25, -0.2) is 0 Å². The monoisotopic (exact) mass is 483 g/mol. The van der Waals surface area contributed by atoms with Crippen LogP contribution in [0.25, 0.3) is 0 Å². The van der Waals surface area contributed by atoms with E-state index in [-0.39, 0.29) is 23.8 Å². The number of nitrogens with one attached hydrogen (secondary N) is 1. The van der Waals surface area contributed by atoms with Crippen LogP contribution in [0.4, 0.5) is 0 Å². The lowest BCUT2D eigenvalue weighted by Gasteiger charge is -2.42. The van der Waals surface area contributed by atoms with Crippen LogP contribution in [0.2, 0.25) is 0 Å². The molecule has 34 heavy (non-hydrogen) atoms. The number of nitrogens with zero attached hydrogens (tertiary/aromatic N) is 1. The molecule has 0 bridgehead atoms. The third kappa shape index (κ3) is 5.33. The zero-order chi connectivity index (χ0) is 24.1. The van der Waals surface area contributed by atoms with Crippen molar-refractivity contribution in [3.63, 3.8) is 0 Å². The second-order valence-corrected chi connectivity index (χ2v) is 10.6. The van der Waals surface area contributed by atoms with Crippen LogP contribution in [0.15, 0.2) is 47.8 Å². The summed E-state index contributed by atoms with van der Waals surface area (Å²) in [6.07, 6.45) is 4.11. The summed E-state index contributed by atoms with van der Waals surface area (Å²) in [6, 6.07) is 13.1. The molecular formula is C26H33N3O4S. The van der Waals surface area contributed by atoms with E-state index < -0.39 is 17.4 Å². The van der Waals surface area contributed by atoms with Gasteiger partial charge in [-0.2, -0.15) is 0 Å². The third-order valence-electron chi connectivity index (χ3n) is 7.42.